The van der Waals surface area contributed by atoms with Gasteiger partial charge in [0.1, 0.15) is 5.78 Å². The molecule has 42 heavy (non-hydrogen) atoms. The zero-order valence-corrected chi connectivity index (χ0v) is 26.9. The highest BCUT2D eigenvalue weighted by molar-refractivity contribution is 8.00. The number of ketones is 1. The van der Waals surface area contributed by atoms with Gasteiger partial charge in [0.05, 0.1) is 35.3 Å². The highest BCUT2D eigenvalue weighted by Crippen LogP contribution is 2.68. The molecule has 5 aliphatic rings. The number of benzene rings is 1. The van der Waals surface area contributed by atoms with Crippen LogP contribution in [0.1, 0.15) is 79.6 Å². The zero-order valence-electron chi connectivity index (χ0n) is 26.1. The number of allylic oxidation sites excluding steroid dienone is 1. The van der Waals surface area contributed by atoms with Crippen LogP contribution in [0.2, 0.25) is 0 Å². The number of rotatable bonds is 6. The van der Waals surface area contributed by atoms with Crippen molar-refractivity contribution in [2.24, 2.45) is 34.5 Å². The second-order valence-corrected chi connectivity index (χ2v) is 15.7. The van der Waals surface area contributed by atoms with Gasteiger partial charge in [-0.15, -0.1) is 11.8 Å². The average molecular weight is 599 g/mol. The number of hydrogen-bond acceptors (Lipinski definition) is 7. The van der Waals surface area contributed by atoms with Crippen LogP contribution in [0.5, 0.6) is 0 Å². The van der Waals surface area contributed by atoms with Crippen LogP contribution in [0.3, 0.4) is 0 Å². The summed E-state index contributed by atoms with van der Waals surface area (Å²) in [6.45, 7) is 10.3. The lowest BCUT2D eigenvalue weighted by molar-refractivity contribution is -0.250. The van der Waals surface area contributed by atoms with E-state index >= 15 is 0 Å². The summed E-state index contributed by atoms with van der Waals surface area (Å²) in [5, 5.41) is 23.9. The number of aliphatic hydroxyl groups excluding tert-OH is 1. The van der Waals surface area contributed by atoms with Gasteiger partial charge < -0.3 is 24.4 Å². The van der Waals surface area contributed by atoms with Gasteiger partial charge in [0.25, 0.3) is 0 Å². The summed E-state index contributed by atoms with van der Waals surface area (Å²) in [6, 6.07) is 10.4. The molecule has 232 valence electrons. The molecule has 4 fully saturated rings. The van der Waals surface area contributed by atoms with Crippen LogP contribution in [0.25, 0.3) is 0 Å². The smallest absolute Gasteiger partial charge is 0.172 e. The van der Waals surface area contributed by atoms with Crippen molar-refractivity contribution in [2.75, 3.05) is 7.11 Å². The van der Waals surface area contributed by atoms with E-state index in [4.69, 9.17) is 14.2 Å². The van der Waals surface area contributed by atoms with Gasteiger partial charge in [-0.2, -0.15) is 0 Å². The minimum absolute atomic E-state index is 0.0106. The summed E-state index contributed by atoms with van der Waals surface area (Å²) in [5.74, 6) is 0.299. The van der Waals surface area contributed by atoms with Crippen molar-refractivity contribution in [1.29, 1.82) is 0 Å². The summed E-state index contributed by atoms with van der Waals surface area (Å²) in [4.78, 5) is 13.8. The molecule has 11 unspecified atom stereocenters. The molecular weight excluding hydrogens is 548 g/mol. The van der Waals surface area contributed by atoms with Gasteiger partial charge in [0.2, 0.25) is 0 Å². The van der Waals surface area contributed by atoms with Crippen LogP contribution in [-0.4, -0.2) is 64.7 Å². The summed E-state index contributed by atoms with van der Waals surface area (Å²) in [6.07, 6.45) is 6.76. The predicted octanol–water partition coefficient (Wildman–Crippen LogP) is 6.18. The van der Waals surface area contributed by atoms with Gasteiger partial charge >= 0.3 is 0 Å². The molecule has 0 aromatic heterocycles. The van der Waals surface area contributed by atoms with Gasteiger partial charge in [0.15, 0.2) is 6.29 Å². The number of thioether (sulfide) groups is 1. The Kier molecular flexibility index (Phi) is 8.28. The van der Waals surface area contributed by atoms with Crippen molar-refractivity contribution in [3.05, 3.63) is 42.0 Å². The number of ether oxygens (including phenoxy) is 3. The summed E-state index contributed by atoms with van der Waals surface area (Å²) >= 11 is 1.78. The maximum Gasteiger partial charge on any atom is 0.172 e. The lowest BCUT2D eigenvalue weighted by Crippen LogP contribution is -2.66. The first kappa shape index (κ1) is 30.8. The van der Waals surface area contributed by atoms with Gasteiger partial charge in [0, 0.05) is 29.3 Å². The molecule has 6 nitrogen and oxygen atoms in total. The summed E-state index contributed by atoms with van der Waals surface area (Å²) in [7, 11) is 1.80. The second kappa shape index (κ2) is 11.3. The molecule has 4 aliphatic carbocycles. The third-order valence-corrected chi connectivity index (χ3v) is 14.0. The van der Waals surface area contributed by atoms with Gasteiger partial charge in [-0.1, -0.05) is 50.6 Å². The topological polar surface area (TPSA) is 85.2 Å². The fourth-order valence-corrected chi connectivity index (χ4v) is 11.3. The SMILES string of the molecule is COC1C(C)C(C)OC(OC2CC[C@@]3(C)C(=CCC4C3CC(O)[C@]3(C)C(C(C)=O)CCC43O)C2)C1Sc1ccccc1. The first-order valence-corrected chi connectivity index (χ1v) is 17.0. The largest absolute Gasteiger partial charge is 0.392 e. The minimum Gasteiger partial charge on any atom is -0.392 e. The number of Topliss-reactive ketones (excluding diaryl/α,β-unsaturated/α-hetero) is 1. The normalized spacial score (nSPS) is 48.5. The van der Waals surface area contributed by atoms with E-state index < -0.39 is 17.1 Å². The molecule has 0 spiro atoms. The van der Waals surface area contributed by atoms with Crippen molar-refractivity contribution < 1.29 is 29.2 Å². The monoisotopic (exact) mass is 598 g/mol. The Bertz CT molecular complexity index is 1190. The molecule has 7 heteroatoms. The Hall–Kier alpha value is -1.22. The van der Waals surface area contributed by atoms with Crippen LogP contribution in [0.15, 0.2) is 46.9 Å². The second-order valence-electron chi connectivity index (χ2n) is 14.4. The molecule has 6 rings (SSSR count). The fraction of sp³-hybridized carbons (Fsp3) is 0.743. The molecule has 1 aromatic carbocycles. The van der Waals surface area contributed by atoms with Gasteiger partial charge in [-0.3, -0.25) is 4.79 Å². The molecule has 0 radical (unpaired) electrons. The first-order valence-electron chi connectivity index (χ1n) is 16.1. The van der Waals surface area contributed by atoms with E-state index in [2.05, 4.69) is 51.1 Å². The molecule has 1 saturated heterocycles. The molecule has 13 atom stereocenters. The fourth-order valence-electron chi connectivity index (χ4n) is 9.90. The summed E-state index contributed by atoms with van der Waals surface area (Å²) in [5.41, 5.74) is -0.507. The van der Waals surface area contributed by atoms with Crippen LogP contribution in [-0.2, 0) is 19.0 Å². The van der Waals surface area contributed by atoms with E-state index in [1.165, 1.54) is 10.5 Å². The highest BCUT2D eigenvalue weighted by atomic mass is 32.2. The number of fused-ring (bicyclic) bond motifs is 5. The van der Waals surface area contributed by atoms with Crippen molar-refractivity contribution in [1.82, 2.24) is 0 Å². The summed E-state index contributed by atoms with van der Waals surface area (Å²) < 4.78 is 19.5. The Morgan fingerprint density at radius 2 is 1.83 bits per heavy atom. The predicted molar refractivity (Wildman–Crippen MR) is 164 cm³/mol. The van der Waals surface area contributed by atoms with E-state index in [9.17, 15) is 15.0 Å². The Morgan fingerprint density at radius 3 is 2.52 bits per heavy atom. The minimum atomic E-state index is -1.02. The van der Waals surface area contributed by atoms with Gasteiger partial charge in [-0.25, -0.2) is 0 Å². The van der Waals surface area contributed by atoms with E-state index in [1.54, 1.807) is 25.8 Å². The van der Waals surface area contributed by atoms with Crippen molar-refractivity contribution in [2.45, 2.75) is 126 Å². The average Bonchev–Trinajstić information content (AvgIpc) is 3.25. The maximum absolute atomic E-state index is 12.6. The Morgan fingerprint density at radius 1 is 1.10 bits per heavy atom. The van der Waals surface area contributed by atoms with Gasteiger partial charge in [-0.05, 0) is 88.2 Å². The Labute approximate surface area is 256 Å². The Balaban J connectivity index is 1.22. The first-order chi connectivity index (χ1) is 19.9. The molecule has 1 heterocycles. The molecule has 1 aromatic rings. The number of carbonyl (C=O) groups excluding carboxylic acids is 1. The highest BCUT2D eigenvalue weighted by Gasteiger charge is 2.70. The molecule has 0 bridgehead atoms. The quantitative estimate of drug-likeness (QED) is 0.378. The zero-order chi connectivity index (χ0) is 30.0. The van der Waals surface area contributed by atoms with Crippen LogP contribution in [0, 0.1) is 34.5 Å². The molecular formula is C35H50O6S. The van der Waals surface area contributed by atoms with Crippen molar-refractivity contribution >= 4 is 17.5 Å². The van der Waals surface area contributed by atoms with E-state index in [1.807, 2.05) is 13.0 Å². The number of methoxy groups -OCH3 is 1. The van der Waals surface area contributed by atoms with Crippen LogP contribution < -0.4 is 0 Å². The maximum atomic E-state index is 12.6. The number of aliphatic hydroxyl groups is 2. The lowest BCUT2D eigenvalue weighted by atomic mass is 9.45. The third-order valence-electron chi connectivity index (χ3n) is 12.6. The molecule has 0 amide bonds. The van der Waals surface area contributed by atoms with Crippen molar-refractivity contribution in [3.63, 3.8) is 0 Å². The standard InChI is InChI=1S/C35H50O6S/c1-20-22(3)40-32(31(30(20)39-6)42-25-10-8-7-9-11-25)41-24-14-16-33(4)23(18-24)12-13-27-28(33)19-29(37)34(5)26(21(2)36)15-17-35(27,34)38/h7-12,20,22,24,26-32,37-38H,13-19H2,1-6H3/t20?,22?,24?,26?,27?,28?,29?,30?,31?,32?,33-,34-,35?/m0/s1. The van der Waals surface area contributed by atoms with Crippen LogP contribution in [0.4, 0.5) is 0 Å². The lowest BCUT2D eigenvalue weighted by Gasteiger charge is -2.62. The molecule has 3 saturated carbocycles. The molecule has 1 aliphatic heterocycles. The van der Waals surface area contributed by atoms with E-state index in [-0.39, 0.29) is 64.7 Å². The number of hydrogen-bond donors (Lipinski definition) is 2. The number of carbonyl (C=O) groups is 1. The van der Waals surface area contributed by atoms with Crippen LogP contribution >= 0.6 is 11.8 Å². The van der Waals surface area contributed by atoms with E-state index in [0.29, 0.717) is 19.3 Å². The van der Waals surface area contributed by atoms with Crippen molar-refractivity contribution in [3.8, 4) is 0 Å². The third kappa shape index (κ3) is 4.68. The van der Waals surface area contributed by atoms with E-state index in [0.717, 1.165) is 25.7 Å². The molecule has 2 N–H and O–H groups in total.